The van der Waals surface area contributed by atoms with Gasteiger partial charge >= 0.3 is 17.9 Å². The summed E-state index contributed by atoms with van der Waals surface area (Å²) in [7, 11) is 0. The first-order valence-electron chi connectivity index (χ1n) is 10.0. The van der Waals surface area contributed by atoms with Gasteiger partial charge in [0, 0.05) is 0 Å². The largest absolute Gasteiger partial charge is 0.481 e. The molecule has 0 aromatic rings. The Bertz CT molecular complexity index is 726. The second kappa shape index (κ2) is 13.2. The maximum atomic E-state index is 12.7. The van der Waals surface area contributed by atoms with E-state index in [9.17, 15) is 28.8 Å². The van der Waals surface area contributed by atoms with Gasteiger partial charge in [0.15, 0.2) is 0 Å². The average Bonchev–Trinajstić information content (AvgIpc) is 2.68. The van der Waals surface area contributed by atoms with Gasteiger partial charge in [0.05, 0.1) is 18.9 Å². The van der Waals surface area contributed by atoms with Crippen molar-refractivity contribution in [2.75, 3.05) is 0 Å². The average molecular weight is 460 g/mol. The summed E-state index contributed by atoms with van der Waals surface area (Å²) in [5, 5.41) is 33.6. The van der Waals surface area contributed by atoms with Crippen molar-refractivity contribution in [1.82, 2.24) is 16.0 Å². The number of hydrogen-bond acceptors (Lipinski definition) is 7. The van der Waals surface area contributed by atoms with Crippen LogP contribution in [0, 0.1) is 11.8 Å². The Hall–Kier alpha value is -3.22. The molecule has 8 N–H and O–H groups in total. The van der Waals surface area contributed by atoms with Crippen LogP contribution >= 0.6 is 0 Å². The summed E-state index contributed by atoms with van der Waals surface area (Å²) in [6.45, 7) is 6.58. The molecule has 13 nitrogen and oxygen atoms in total. The second-order valence-corrected chi connectivity index (χ2v) is 7.80. The van der Waals surface area contributed by atoms with Crippen molar-refractivity contribution in [2.24, 2.45) is 17.6 Å². The van der Waals surface area contributed by atoms with Gasteiger partial charge in [-0.25, -0.2) is 4.79 Å². The first-order valence-corrected chi connectivity index (χ1v) is 10.0. The highest BCUT2D eigenvalue weighted by molar-refractivity contribution is 5.96. The molecule has 0 fully saturated rings. The molecule has 5 unspecified atom stereocenters. The lowest BCUT2D eigenvalue weighted by atomic mass is 9.98. The van der Waals surface area contributed by atoms with E-state index in [-0.39, 0.29) is 5.92 Å². The van der Waals surface area contributed by atoms with Crippen LogP contribution in [0.15, 0.2) is 0 Å². The lowest BCUT2D eigenvalue weighted by Gasteiger charge is -2.27. The molecule has 0 aromatic carbocycles. The van der Waals surface area contributed by atoms with Gasteiger partial charge in [-0.05, 0) is 11.8 Å². The van der Waals surface area contributed by atoms with E-state index in [1.807, 2.05) is 5.32 Å². The maximum absolute atomic E-state index is 12.7. The minimum atomic E-state index is -1.73. The van der Waals surface area contributed by atoms with Crippen molar-refractivity contribution in [3.05, 3.63) is 0 Å². The van der Waals surface area contributed by atoms with E-state index < -0.39 is 78.6 Å². The third kappa shape index (κ3) is 9.73. The van der Waals surface area contributed by atoms with E-state index in [2.05, 4.69) is 10.6 Å². The van der Waals surface area contributed by atoms with Crippen molar-refractivity contribution >= 4 is 35.6 Å². The Morgan fingerprint density at radius 1 is 0.750 bits per heavy atom. The minimum Gasteiger partial charge on any atom is -0.481 e. The van der Waals surface area contributed by atoms with Crippen LogP contribution in [0.1, 0.15) is 47.0 Å². The number of carbonyl (C=O) groups is 6. The topological polar surface area (TPSA) is 225 Å². The number of nitrogens with two attached hydrogens (primary N) is 1. The molecule has 0 aliphatic heterocycles. The molecule has 0 saturated heterocycles. The Morgan fingerprint density at radius 3 is 1.62 bits per heavy atom. The van der Waals surface area contributed by atoms with Crippen LogP contribution < -0.4 is 21.7 Å². The number of aliphatic carboxylic acids is 3. The van der Waals surface area contributed by atoms with Gasteiger partial charge in [-0.1, -0.05) is 34.1 Å². The van der Waals surface area contributed by atoms with Gasteiger partial charge < -0.3 is 37.0 Å². The van der Waals surface area contributed by atoms with Gasteiger partial charge in [-0.15, -0.1) is 0 Å². The molecule has 0 spiro atoms. The van der Waals surface area contributed by atoms with Crippen molar-refractivity contribution in [3.63, 3.8) is 0 Å². The van der Waals surface area contributed by atoms with Crippen LogP contribution in [0.25, 0.3) is 0 Å². The predicted molar refractivity (Wildman–Crippen MR) is 110 cm³/mol. The molecule has 0 aliphatic rings. The summed E-state index contributed by atoms with van der Waals surface area (Å²) in [4.78, 5) is 70.7. The van der Waals surface area contributed by atoms with Crippen molar-refractivity contribution in [3.8, 4) is 0 Å². The Balaban J connectivity index is 5.50. The second-order valence-electron chi connectivity index (χ2n) is 7.80. The fourth-order valence-electron chi connectivity index (χ4n) is 2.59. The highest BCUT2D eigenvalue weighted by Crippen LogP contribution is 2.08. The molecular weight excluding hydrogens is 428 g/mol. The van der Waals surface area contributed by atoms with E-state index in [1.165, 1.54) is 13.8 Å². The van der Waals surface area contributed by atoms with Gasteiger partial charge in [0.2, 0.25) is 17.7 Å². The minimum absolute atomic E-state index is 0.236. The van der Waals surface area contributed by atoms with Crippen LogP contribution in [0.4, 0.5) is 0 Å². The summed E-state index contributed by atoms with van der Waals surface area (Å²) >= 11 is 0. The van der Waals surface area contributed by atoms with Gasteiger partial charge in [0.25, 0.3) is 0 Å². The van der Waals surface area contributed by atoms with E-state index in [0.717, 1.165) is 0 Å². The van der Waals surface area contributed by atoms with Crippen molar-refractivity contribution in [2.45, 2.75) is 71.1 Å². The molecule has 13 heteroatoms. The van der Waals surface area contributed by atoms with Crippen LogP contribution in [-0.2, 0) is 28.8 Å². The molecule has 182 valence electrons. The molecule has 0 bridgehead atoms. The predicted octanol–water partition coefficient (Wildman–Crippen LogP) is -1.50. The van der Waals surface area contributed by atoms with Crippen LogP contribution in [0.3, 0.4) is 0 Å². The summed E-state index contributed by atoms with van der Waals surface area (Å²) in [5.41, 5.74) is 5.81. The van der Waals surface area contributed by atoms with Crippen LogP contribution in [0.2, 0.25) is 0 Å². The number of rotatable bonds is 14. The summed E-state index contributed by atoms with van der Waals surface area (Å²) in [6, 6.07) is -5.59. The van der Waals surface area contributed by atoms with Crippen LogP contribution in [0.5, 0.6) is 0 Å². The fourth-order valence-corrected chi connectivity index (χ4v) is 2.59. The Morgan fingerprint density at radius 2 is 1.22 bits per heavy atom. The monoisotopic (exact) mass is 460 g/mol. The smallest absolute Gasteiger partial charge is 0.326 e. The molecular formula is C19H32N4O9. The Kier molecular flexibility index (Phi) is 11.9. The first-order chi connectivity index (χ1) is 14.7. The number of carboxylic acids is 3. The lowest BCUT2D eigenvalue weighted by molar-refractivity contribution is -0.147. The van der Waals surface area contributed by atoms with Crippen LogP contribution in [-0.4, -0.2) is 75.1 Å². The molecule has 0 saturated carbocycles. The van der Waals surface area contributed by atoms with Gasteiger partial charge in [-0.3, -0.25) is 24.0 Å². The third-order valence-corrected chi connectivity index (χ3v) is 4.81. The molecule has 0 aliphatic carbocycles. The number of hydrogen-bond donors (Lipinski definition) is 7. The molecule has 0 rings (SSSR count). The Labute approximate surface area is 185 Å². The lowest BCUT2D eigenvalue weighted by Crippen LogP contribution is -2.59. The zero-order valence-corrected chi connectivity index (χ0v) is 18.5. The SMILES string of the molecule is CCC(C)C(N)C(=O)NC(CC(=O)O)C(=O)NC(C(=O)NC(CC(=O)O)C(=O)O)C(C)C. The van der Waals surface area contributed by atoms with E-state index in [4.69, 9.17) is 21.1 Å². The zero-order chi connectivity index (χ0) is 25.2. The molecule has 0 heterocycles. The number of nitrogens with one attached hydrogen (secondary N) is 3. The molecule has 0 aromatic heterocycles. The zero-order valence-electron chi connectivity index (χ0n) is 18.5. The normalized spacial score (nSPS) is 15.6. The quantitative estimate of drug-likeness (QED) is 0.159. The molecule has 5 atom stereocenters. The van der Waals surface area contributed by atoms with E-state index >= 15 is 0 Å². The molecule has 32 heavy (non-hydrogen) atoms. The van der Waals surface area contributed by atoms with Gasteiger partial charge in [0.1, 0.15) is 18.1 Å². The number of amides is 3. The summed E-state index contributed by atoms with van der Waals surface area (Å²) in [6.07, 6.45) is -1.10. The summed E-state index contributed by atoms with van der Waals surface area (Å²) in [5.74, 6) is -7.94. The van der Waals surface area contributed by atoms with E-state index in [1.54, 1.807) is 13.8 Å². The highest BCUT2D eigenvalue weighted by Gasteiger charge is 2.33. The maximum Gasteiger partial charge on any atom is 0.326 e. The molecule has 0 radical (unpaired) electrons. The first kappa shape index (κ1) is 28.8. The standard InChI is InChI=1S/C19H32N4O9/c1-5-9(4)14(20)17(29)21-10(6-12(24)25)16(28)23-15(8(2)3)18(30)22-11(19(31)32)7-13(26)27/h8-11,14-15H,5-7,20H2,1-4H3,(H,21,29)(H,22,30)(H,23,28)(H,24,25)(H,26,27)(H,31,32). The highest BCUT2D eigenvalue weighted by atomic mass is 16.4. The number of carboxylic acid groups (broad SMARTS) is 3. The van der Waals surface area contributed by atoms with E-state index in [0.29, 0.717) is 6.42 Å². The van der Waals surface area contributed by atoms with Crippen molar-refractivity contribution in [1.29, 1.82) is 0 Å². The van der Waals surface area contributed by atoms with Gasteiger partial charge in [-0.2, -0.15) is 0 Å². The fraction of sp³-hybridized carbons (Fsp3) is 0.684. The molecule has 3 amide bonds. The number of carbonyl (C=O) groups excluding carboxylic acids is 3. The third-order valence-electron chi connectivity index (χ3n) is 4.81. The van der Waals surface area contributed by atoms with Crippen molar-refractivity contribution < 1.29 is 44.1 Å². The summed E-state index contributed by atoms with van der Waals surface area (Å²) < 4.78 is 0.